The number of nitrogens with one attached hydrogen (secondary N) is 1. The van der Waals surface area contributed by atoms with Gasteiger partial charge in [-0.1, -0.05) is 13.8 Å². The summed E-state index contributed by atoms with van der Waals surface area (Å²) in [6.07, 6.45) is 0.437. The lowest BCUT2D eigenvalue weighted by Crippen LogP contribution is -2.20. The van der Waals surface area contributed by atoms with E-state index in [0.29, 0.717) is 23.5 Å². The number of hydrogen-bond donors (Lipinski definition) is 1. The maximum Gasteiger partial charge on any atom is 0.255 e. The third-order valence-electron chi connectivity index (χ3n) is 4.63. The lowest BCUT2D eigenvalue weighted by Gasteiger charge is -2.27. The highest BCUT2D eigenvalue weighted by atomic mass is 16.5. The quantitative estimate of drug-likeness (QED) is 0.800. The van der Waals surface area contributed by atoms with Gasteiger partial charge in [-0.05, 0) is 60.9 Å². The highest BCUT2D eigenvalue weighted by Gasteiger charge is 2.25. The molecule has 0 fully saturated rings. The summed E-state index contributed by atoms with van der Waals surface area (Å²) in [6, 6.07) is 11.2. The van der Waals surface area contributed by atoms with E-state index in [9.17, 15) is 4.79 Å². The van der Waals surface area contributed by atoms with E-state index in [1.54, 1.807) is 25.3 Å². The van der Waals surface area contributed by atoms with Crippen LogP contribution < -0.4 is 14.8 Å². The van der Waals surface area contributed by atoms with Gasteiger partial charge in [0.05, 0.1) is 20.3 Å². The molecule has 0 aliphatic rings. The van der Waals surface area contributed by atoms with Gasteiger partial charge in [0.2, 0.25) is 0 Å². The van der Waals surface area contributed by atoms with E-state index in [2.05, 4.69) is 25.2 Å². The first-order chi connectivity index (χ1) is 12.7. The SMILES string of the molecule is COc1ccc(C(=O)Nc2cc(C)c(C(C)(C)CC#N)c(C)c2)cc1OC. The molecule has 0 aromatic heterocycles. The van der Waals surface area contributed by atoms with E-state index >= 15 is 0 Å². The first-order valence-electron chi connectivity index (χ1n) is 8.75. The molecule has 0 heterocycles. The Morgan fingerprint density at radius 1 is 1.07 bits per heavy atom. The number of amides is 1. The van der Waals surface area contributed by atoms with Gasteiger partial charge in [0.15, 0.2) is 11.5 Å². The van der Waals surface area contributed by atoms with E-state index in [-0.39, 0.29) is 11.3 Å². The summed E-state index contributed by atoms with van der Waals surface area (Å²) in [4.78, 5) is 12.6. The molecule has 0 aliphatic carbocycles. The Labute approximate surface area is 160 Å². The van der Waals surface area contributed by atoms with Crippen LogP contribution in [-0.2, 0) is 5.41 Å². The van der Waals surface area contributed by atoms with Crippen LogP contribution >= 0.6 is 0 Å². The van der Waals surface area contributed by atoms with Crippen molar-refractivity contribution in [3.8, 4) is 17.6 Å². The molecule has 2 rings (SSSR count). The minimum Gasteiger partial charge on any atom is -0.493 e. The predicted octanol–water partition coefficient (Wildman–Crippen LogP) is 4.76. The molecule has 0 saturated heterocycles. The molecule has 0 aliphatic heterocycles. The molecule has 27 heavy (non-hydrogen) atoms. The van der Waals surface area contributed by atoms with Crippen LogP contribution in [0.4, 0.5) is 5.69 Å². The molecule has 0 radical (unpaired) electrons. The third-order valence-corrected chi connectivity index (χ3v) is 4.63. The molecule has 0 atom stereocenters. The van der Waals surface area contributed by atoms with Crippen LogP contribution in [0.3, 0.4) is 0 Å². The Kier molecular flexibility index (Phi) is 6.12. The van der Waals surface area contributed by atoms with E-state index in [0.717, 1.165) is 22.4 Å². The lowest BCUT2D eigenvalue weighted by atomic mass is 9.77. The fourth-order valence-electron chi connectivity index (χ4n) is 3.57. The molecule has 2 aromatic rings. The van der Waals surface area contributed by atoms with Crippen LogP contribution in [0.2, 0.25) is 0 Å². The number of rotatable bonds is 6. The summed E-state index contributed by atoms with van der Waals surface area (Å²) in [5.74, 6) is 0.856. The molecule has 142 valence electrons. The van der Waals surface area contributed by atoms with Crippen molar-refractivity contribution in [2.75, 3.05) is 19.5 Å². The van der Waals surface area contributed by atoms with Gasteiger partial charge in [0.25, 0.3) is 5.91 Å². The molecule has 2 aromatic carbocycles. The average molecular weight is 366 g/mol. The largest absolute Gasteiger partial charge is 0.493 e. The highest BCUT2D eigenvalue weighted by Crippen LogP contribution is 2.34. The zero-order valence-electron chi connectivity index (χ0n) is 16.8. The maximum absolute atomic E-state index is 12.6. The van der Waals surface area contributed by atoms with Crippen molar-refractivity contribution in [1.29, 1.82) is 5.26 Å². The van der Waals surface area contributed by atoms with Gasteiger partial charge in [-0.15, -0.1) is 0 Å². The second-order valence-electron chi connectivity index (χ2n) is 7.23. The van der Waals surface area contributed by atoms with E-state index in [1.165, 1.54) is 7.11 Å². The number of hydrogen-bond acceptors (Lipinski definition) is 4. The third kappa shape index (κ3) is 4.40. The van der Waals surface area contributed by atoms with Crippen molar-refractivity contribution in [2.24, 2.45) is 0 Å². The Bertz CT molecular complexity index is 872. The second kappa shape index (κ2) is 8.13. The number of carbonyl (C=O) groups excluding carboxylic acids is 1. The van der Waals surface area contributed by atoms with Crippen molar-refractivity contribution in [3.05, 3.63) is 52.6 Å². The van der Waals surface area contributed by atoms with Gasteiger partial charge in [0, 0.05) is 23.1 Å². The van der Waals surface area contributed by atoms with Crippen LogP contribution in [-0.4, -0.2) is 20.1 Å². The van der Waals surface area contributed by atoms with Crippen LogP contribution in [0.5, 0.6) is 11.5 Å². The van der Waals surface area contributed by atoms with Gasteiger partial charge < -0.3 is 14.8 Å². The molecule has 5 nitrogen and oxygen atoms in total. The van der Waals surface area contributed by atoms with Crippen LogP contribution in [0.25, 0.3) is 0 Å². The Balaban J connectivity index is 2.31. The smallest absolute Gasteiger partial charge is 0.255 e. The number of benzene rings is 2. The Hall–Kier alpha value is -3.00. The van der Waals surface area contributed by atoms with Crippen molar-refractivity contribution in [2.45, 2.75) is 39.5 Å². The summed E-state index contributed by atoms with van der Waals surface area (Å²) >= 11 is 0. The Morgan fingerprint density at radius 2 is 1.67 bits per heavy atom. The predicted molar refractivity (Wildman–Crippen MR) is 107 cm³/mol. The molecule has 5 heteroatoms. The molecule has 1 amide bonds. The lowest BCUT2D eigenvalue weighted by molar-refractivity contribution is 0.102. The molecule has 0 spiro atoms. The Morgan fingerprint density at radius 3 is 2.19 bits per heavy atom. The summed E-state index contributed by atoms with van der Waals surface area (Å²) in [6.45, 7) is 8.14. The second-order valence-corrected chi connectivity index (χ2v) is 7.23. The highest BCUT2D eigenvalue weighted by molar-refractivity contribution is 6.04. The number of methoxy groups -OCH3 is 2. The van der Waals surface area contributed by atoms with Crippen LogP contribution in [0.1, 0.15) is 47.3 Å². The number of anilines is 1. The molecular formula is C22H26N2O3. The maximum atomic E-state index is 12.6. The first-order valence-corrected chi connectivity index (χ1v) is 8.75. The summed E-state index contributed by atoms with van der Waals surface area (Å²) < 4.78 is 10.5. The van der Waals surface area contributed by atoms with Crippen molar-refractivity contribution >= 4 is 11.6 Å². The van der Waals surface area contributed by atoms with E-state index in [1.807, 2.05) is 26.0 Å². The minimum atomic E-state index is -0.241. The monoisotopic (exact) mass is 366 g/mol. The number of nitriles is 1. The standard InChI is InChI=1S/C22H26N2O3/c1-14-11-17(12-15(2)20(14)22(3,4)9-10-23)24-21(25)16-7-8-18(26-5)19(13-16)27-6/h7-8,11-13H,9H2,1-6H3,(H,24,25). The normalized spacial score (nSPS) is 10.9. The van der Waals surface area contributed by atoms with Crippen molar-refractivity contribution in [1.82, 2.24) is 0 Å². The van der Waals surface area contributed by atoms with Crippen molar-refractivity contribution < 1.29 is 14.3 Å². The zero-order chi connectivity index (χ0) is 20.2. The van der Waals surface area contributed by atoms with Gasteiger partial charge in [-0.3, -0.25) is 4.79 Å². The van der Waals surface area contributed by atoms with Crippen LogP contribution in [0, 0.1) is 25.2 Å². The van der Waals surface area contributed by atoms with Gasteiger partial charge in [-0.2, -0.15) is 5.26 Å². The van der Waals surface area contributed by atoms with Gasteiger partial charge in [0.1, 0.15) is 0 Å². The zero-order valence-corrected chi connectivity index (χ0v) is 16.8. The topological polar surface area (TPSA) is 71.3 Å². The summed E-state index contributed by atoms with van der Waals surface area (Å²) in [5.41, 5.74) is 4.22. The van der Waals surface area contributed by atoms with Crippen molar-refractivity contribution in [3.63, 3.8) is 0 Å². The number of aryl methyl sites for hydroxylation is 2. The summed E-state index contributed by atoms with van der Waals surface area (Å²) in [5, 5.41) is 12.0. The number of nitrogens with zero attached hydrogens (tertiary/aromatic N) is 1. The fraction of sp³-hybridized carbons (Fsp3) is 0.364. The van der Waals surface area contributed by atoms with Gasteiger partial charge >= 0.3 is 0 Å². The minimum absolute atomic E-state index is 0.223. The van der Waals surface area contributed by atoms with E-state index < -0.39 is 0 Å². The van der Waals surface area contributed by atoms with E-state index in [4.69, 9.17) is 14.7 Å². The summed E-state index contributed by atoms with van der Waals surface area (Å²) in [7, 11) is 3.09. The molecule has 1 N–H and O–H groups in total. The molecular weight excluding hydrogens is 340 g/mol. The molecule has 0 bridgehead atoms. The average Bonchev–Trinajstić information content (AvgIpc) is 2.59. The van der Waals surface area contributed by atoms with Gasteiger partial charge in [-0.25, -0.2) is 0 Å². The molecule has 0 unspecified atom stereocenters. The van der Waals surface area contributed by atoms with Crippen LogP contribution in [0.15, 0.2) is 30.3 Å². The number of ether oxygens (including phenoxy) is 2. The number of carbonyl (C=O) groups is 1. The fourth-order valence-corrected chi connectivity index (χ4v) is 3.57. The molecule has 0 saturated carbocycles. The first kappa shape index (κ1) is 20.3.